The van der Waals surface area contributed by atoms with Crippen molar-refractivity contribution in [3.63, 3.8) is 0 Å². The monoisotopic (exact) mass is 232 g/mol. The Balaban J connectivity index is 2.54. The fourth-order valence-corrected chi connectivity index (χ4v) is 1.62. The number of benzene rings is 1. The zero-order valence-electron chi connectivity index (χ0n) is 9.72. The van der Waals surface area contributed by atoms with Crippen molar-refractivity contribution in [2.75, 3.05) is 0 Å². The van der Waals surface area contributed by atoms with Crippen LogP contribution in [0.5, 0.6) is 0 Å². The van der Waals surface area contributed by atoms with Gasteiger partial charge in [-0.2, -0.15) is 5.10 Å². The van der Waals surface area contributed by atoms with Crippen LogP contribution in [0.1, 0.15) is 30.2 Å². The number of aldehydes is 1. The van der Waals surface area contributed by atoms with Crippen LogP contribution in [0.15, 0.2) is 30.5 Å². The van der Waals surface area contributed by atoms with Crippen LogP contribution >= 0.6 is 0 Å². The number of rotatable bonds is 3. The Morgan fingerprint density at radius 1 is 1.41 bits per heavy atom. The van der Waals surface area contributed by atoms with Crippen LogP contribution < -0.4 is 0 Å². The molecule has 2 rings (SSSR count). The number of hydrogen-bond donors (Lipinski definition) is 0. The predicted octanol–water partition coefficient (Wildman–Crippen LogP) is 3.08. The number of carbonyl (C=O) groups is 1. The van der Waals surface area contributed by atoms with Gasteiger partial charge >= 0.3 is 0 Å². The molecule has 0 saturated carbocycles. The maximum absolute atomic E-state index is 13.1. The summed E-state index contributed by atoms with van der Waals surface area (Å²) in [5, 5.41) is 4.31. The Morgan fingerprint density at radius 2 is 2.18 bits per heavy atom. The first-order valence-corrected chi connectivity index (χ1v) is 5.42. The Bertz CT molecular complexity index is 546. The van der Waals surface area contributed by atoms with Crippen molar-refractivity contribution in [2.24, 2.45) is 0 Å². The molecule has 0 N–H and O–H groups in total. The number of carbonyl (C=O) groups excluding carboxylic acids is 1. The van der Waals surface area contributed by atoms with Gasteiger partial charge in [0, 0.05) is 17.8 Å². The quantitative estimate of drug-likeness (QED) is 0.762. The lowest BCUT2D eigenvalue weighted by molar-refractivity contribution is 0.112. The highest BCUT2D eigenvalue weighted by Gasteiger charge is 2.12. The summed E-state index contributed by atoms with van der Waals surface area (Å²) >= 11 is 0. The largest absolute Gasteiger partial charge is 0.298 e. The SMILES string of the molecule is CC(C)n1cc(C=O)c(-c2cccc(F)c2)n1. The van der Waals surface area contributed by atoms with Crippen LogP contribution in [0.25, 0.3) is 11.3 Å². The number of aromatic nitrogens is 2. The van der Waals surface area contributed by atoms with Crippen molar-refractivity contribution in [3.8, 4) is 11.3 Å². The zero-order valence-corrected chi connectivity index (χ0v) is 9.72. The van der Waals surface area contributed by atoms with Crippen molar-refractivity contribution >= 4 is 6.29 Å². The molecule has 0 bridgehead atoms. The smallest absolute Gasteiger partial charge is 0.153 e. The summed E-state index contributed by atoms with van der Waals surface area (Å²) in [6, 6.07) is 6.25. The molecule has 0 unspecified atom stereocenters. The van der Waals surface area contributed by atoms with Crippen LogP contribution in [0.4, 0.5) is 4.39 Å². The lowest BCUT2D eigenvalue weighted by Gasteiger charge is -2.03. The Morgan fingerprint density at radius 3 is 2.76 bits per heavy atom. The molecule has 3 nitrogen and oxygen atoms in total. The maximum atomic E-state index is 13.1. The minimum Gasteiger partial charge on any atom is -0.298 e. The topological polar surface area (TPSA) is 34.9 Å². The first-order valence-electron chi connectivity index (χ1n) is 5.42. The van der Waals surface area contributed by atoms with Crippen molar-refractivity contribution in [1.82, 2.24) is 9.78 Å². The molecule has 0 aliphatic heterocycles. The van der Waals surface area contributed by atoms with Gasteiger partial charge in [0.25, 0.3) is 0 Å². The maximum Gasteiger partial charge on any atom is 0.153 e. The van der Waals surface area contributed by atoms with Gasteiger partial charge in [-0.25, -0.2) is 4.39 Å². The summed E-state index contributed by atoms with van der Waals surface area (Å²) < 4.78 is 14.8. The Kier molecular flexibility index (Phi) is 3.04. The Labute approximate surface area is 98.9 Å². The van der Waals surface area contributed by atoms with Crippen LogP contribution in [0.3, 0.4) is 0 Å². The van der Waals surface area contributed by atoms with E-state index in [1.54, 1.807) is 23.0 Å². The van der Waals surface area contributed by atoms with Gasteiger partial charge in [0.1, 0.15) is 11.5 Å². The van der Waals surface area contributed by atoms with E-state index in [0.717, 1.165) is 6.29 Å². The normalized spacial score (nSPS) is 10.8. The van der Waals surface area contributed by atoms with Gasteiger partial charge in [-0.3, -0.25) is 9.48 Å². The molecule has 1 heterocycles. The highest BCUT2D eigenvalue weighted by molar-refractivity contribution is 5.85. The molecule has 4 heteroatoms. The molecule has 17 heavy (non-hydrogen) atoms. The van der Waals surface area contributed by atoms with E-state index in [1.807, 2.05) is 13.8 Å². The average molecular weight is 232 g/mol. The fraction of sp³-hybridized carbons (Fsp3) is 0.231. The summed E-state index contributed by atoms with van der Waals surface area (Å²) in [5.41, 5.74) is 1.61. The summed E-state index contributed by atoms with van der Waals surface area (Å²) in [6.07, 6.45) is 2.42. The van der Waals surface area contributed by atoms with Gasteiger partial charge in [0.05, 0.1) is 5.56 Å². The van der Waals surface area contributed by atoms with Gasteiger partial charge in [0.15, 0.2) is 6.29 Å². The first-order chi connectivity index (χ1) is 8.11. The number of hydrogen-bond acceptors (Lipinski definition) is 2. The zero-order chi connectivity index (χ0) is 12.4. The average Bonchev–Trinajstić information content (AvgIpc) is 2.73. The molecular weight excluding hydrogens is 219 g/mol. The second-order valence-electron chi connectivity index (χ2n) is 4.14. The fourth-order valence-electron chi connectivity index (χ4n) is 1.62. The summed E-state index contributed by atoms with van der Waals surface area (Å²) in [6.45, 7) is 3.94. The third kappa shape index (κ3) is 2.25. The van der Waals surface area contributed by atoms with Gasteiger partial charge < -0.3 is 0 Å². The molecule has 0 aliphatic rings. The molecule has 0 saturated heterocycles. The van der Waals surface area contributed by atoms with Crippen molar-refractivity contribution in [2.45, 2.75) is 19.9 Å². The second kappa shape index (κ2) is 4.49. The van der Waals surface area contributed by atoms with Gasteiger partial charge in [-0.15, -0.1) is 0 Å². The summed E-state index contributed by atoms with van der Waals surface area (Å²) in [7, 11) is 0. The summed E-state index contributed by atoms with van der Waals surface area (Å²) in [5.74, 6) is -0.335. The first kappa shape index (κ1) is 11.5. The van der Waals surface area contributed by atoms with E-state index in [2.05, 4.69) is 5.10 Å². The van der Waals surface area contributed by atoms with E-state index in [1.165, 1.54) is 12.1 Å². The van der Waals surface area contributed by atoms with E-state index >= 15 is 0 Å². The lowest BCUT2D eigenvalue weighted by Crippen LogP contribution is -2.00. The summed E-state index contributed by atoms with van der Waals surface area (Å²) in [4.78, 5) is 11.0. The van der Waals surface area contributed by atoms with Crippen LogP contribution in [0.2, 0.25) is 0 Å². The minimum atomic E-state index is -0.335. The van der Waals surface area contributed by atoms with E-state index in [-0.39, 0.29) is 11.9 Å². The predicted molar refractivity (Wildman–Crippen MR) is 63.4 cm³/mol. The number of nitrogens with zero attached hydrogens (tertiary/aromatic N) is 2. The molecule has 88 valence electrons. The van der Waals surface area contributed by atoms with Crippen molar-refractivity contribution in [1.29, 1.82) is 0 Å². The van der Waals surface area contributed by atoms with Gasteiger partial charge in [-0.05, 0) is 26.0 Å². The van der Waals surface area contributed by atoms with E-state index in [9.17, 15) is 9.18 Å². The van der Waals surface area contributed by atoms with Crippen molar-refractivity contribution in [3.05, 3.63) is 41.8 Å². The van der Waals surface area contributed by atoms with Crippen molar-refractivity contribution < 1.29 is 9.18 Å². The molecule has 0 aliphatic carbocycles. The van der Waals surface area contributed by atoms with Crippen LogP contribution in [-0.4, -0.2) is 16.1 Å². The van der Waals surface area contributed by atoms with Gasteiger partial charge in [-0.1, -0.05) is 12.1 Å². The molecule has 0 atom stereocenters. The molecule has 0 amide bonds. The van der Waals surface area contributed by atoms with E-state index < -0.39 is 0 Å². The third-order valence-corrected chi connectivity index (χ3v) is 2.51. The van der Waals surface area contributed by atoms with Crippen LogP contribution in [0, 0.1) is 5.82 Å². The van der Waals surface area contributed by atoms with Gasteiger partial charge in [0.2, 0.25) is 0 Å². The molecular formula is C13H13FN2O. The minimum absolute atomic E-state index is 0.163. The molecule has 1 aromatic heterocycles. The van der Waals surface area contributed by atoms with E-state index in [0.29, 0.717) is 16.8 Å². The molecule has 0 fully saturated rings. The van der Waals surface area contributed by atoms with E-state index in [4.69, 9.17) is 0 Å². The Hall–Kier alpha value is -1.97. The molecule has 0 spiro atoms. The molecule has 2 aromatic rings. The molecule has 0 radical (unpaired) electrons. The highest BCUT2D eigenvalue weighted by Crippen LogP contribution is 2.22. The second-order valence-corrected chi connectivity index (χ2v) is 4.14. The molecule has 1 aromatic carbocycles. The number of halogens is 1. The van der Waals surface area contributed by atoms with Crippen LogP contribution in [-0.2, 0) is 0 Å². The highest BCUT2D eigenvalue weighted by atomic mass is 19.1. The standard InChI is InChI=1S/C13H13FN2O/c1-9(2)16-7-11(8-17)13(15-16)10-4-3-5-12(14)6-10/h3-9H,1-2H3. The lowest BCUT2D eigenvalue weighted by atomic mass is 10.1. The third-order valence-electron chi connectivity index (χ3n) is 2.51.